The predicted octanol–water partition coefficient (Wildman–Crippen LogP) is 5.71. The monoisotopic (exact) mass is 316 g/mol. The number of nitrogens with one attached hydrogen (secondary N) is 1. The van der Waals surface area contributed by atoms with Crippen LogP contribution in [0.5, 0.6) is 0 Å². The molecule has 0 saturated carbocycles. The number of hydrogen-bond acceptors (Lipinski definition) is 1. The van der Waals surface area contributed by atoms with E-state index in [4.69, 9.17) is 12.2 Å². The molecule has 0 saturated heterocycles. The summed E-state index contributed by atoms with van der Waals surface area (Å²) in [6, 6.07) is 3.89. The SMILES string of the molecule is CCC(CC)C(C)n1c(=S)[nH]c2cc(C(F)(F)F)ccc21. The van der Waals surface area contributed by atoms with E-state index in [9.17, 15) is 13.2 Å². The molecule has 0 aliphatic carbocycles. The van der Waals surface area contributed by atoms with E-state index in [1.807, 2.05) is 4.57 Å². The van der Waals surface area contributed by atoms with Crippen LogP contribution in [0.1, 0.15) is 45.2 Å². The lowest BCUT2D eigenvalue weighted by molar-refractivity contribution is -0.137. The maximum absolute atomic E-state index is 12.8. The lowest BCUT2D eigenvalue weighted by Crippen LogP contribution is -2.15. The average molecular weight is 316 g/mol. The maximum atomic E-state index is 12.8. The molecule has 1 atom stereocenters. The van der Waals surface area contributed by atoms with Crippen LogP contribution < -0.4 is 0 Å². The Morgan fingerprint density at radius 3 is 2.38 bits per heavy atom. The molecule has 6 heteroatoms. The maximum Gasteiger partial charge on any atom is 0.416 e. The largest absolute Gasteiger partial charge is 0.416 e. The Hall–Kier alpha value is -1.30. The summed E-state index contributed by atoms with van der Waals surface area (Å²) < 4.78 is 40.7. The summed E-state index contributed by atoms with van der Waals surface area (Å²) in [5.41, 5.74) is 0.508. The second kappa shape index (κ2) is 5.83. The van der Waals surface area contributed by atoms with Crippen molar-refractivity contribution in [1.82, 2.24) is 9.55 Å². The van der Waals surface area contributed by atoms with Crippen molar-refractivity contribution in [3.8, 4) is 0 Å². The lowest BCUT2D eigenvalue weighted by Gasteiger charge is -2.23. The number of aromatic amines is 1. The second-order valence-electron chi connectivity index (χ2n) is 5.35. The van der Waals surface area contributed by atoms with Crippen LogP contribution in [0.4, 0.5) is 13.2 Å². The number of alkyl halides is 3. The summed E-state index contributed by atoms with van der Waals surface area (Å²) in [4.78, 5) is 2.90. The van der Waals surface area contributed by atoms with E-state index in [-0.39, 0.29) is 6.04 Å². The third-order valence-electron chi connectivity index (χ3n) is 4.18. The van der Waals surface area contributed by atoms with Gasteiger partial charge in [-0.1, -0.05) is 26.7 Å². The van der Waals surface area contributed by atoms with Crippen LogP contribution in [-0.2, 0) is 6.18 Å². The lowest BCUT2D eigenvalue weighted by atomic mass is 9.95. The van der Waals surface area contributed by atoms with Crippen molar-refractivity contribution in [2.45, 2.75) is 45.8 Å². The van der Waals surface area contributed by atoms with Gasteiger partial charge < -0.3 is 9.55 Å². The van der Waals surface area contributed by atoms with Gasteiger partial charge in [0.25, 0.3) is 0 Å². The molecule has 0 aliphatic heterocycles. The summed E-state index contributed by atoms with van der Waals surface area (Å²) in [5, 5.41) is 0. The van der Waals surface area contributed by atoms with Gasteiger partial charge >= 0.3 is 6.18 Å². The summed E-state index contributed by atoms with van der Waals surface area (Å²) in [7, 11) is 0. The number of H-pyrrole nitrogens is 1. The van der Waals surface area contributed by atoms with Crippen molar-refractivity contribution in [1.29, 1.82) is 0 Å². The van der Waals surface area contributed by atoms with Crippen LogP contribution in [-0.4, -0.2) is 9.55 Å². The predicted molar refractivity (Wildman–Crippen MR) is 80.9 cm³/mol. The molecule has 1 aromatic carbocycles. The summed E-state index contributed by atoms with van der Waals surface area (Å²) in [6.45, 7) is 6.30. The molecule has 0 bridgehead atoms. The zero-order valence-electron chi connectivity index (χ0n) is 12.3. The van der Waals surface area contributed by atoms with Crippen LogP contribution in [0.15, 0.2) is 18.2 Å². The van der Waals surface area contributed by atoms with Crippen LogP contribution in [0.25, 0.3) is 11.0 Å². The van der Waals surface area contributed by atoms with E-state index in [1.54, 1.807) is 0 Å². The highest BCUT2D eigenvalue weighted by Crippen LogP contribution is 2.33. The van der Waals surface area contributed by atoms with Gasteiger partial charge in [0.1, 0.15) is 0 Å². The van der Waals surface area contributed by atoms with E-state index in [2.05, 4.69) is 25.8 Å². The summed E-state index contributed by atoms with van der Waals surface area (Å²) in [6.07, 6.45) is -2.33. The third kappa shape index (κ3) is 3.00. The average Bonchev–Trinajstić information content (AvgIpc) is 2.73. The Morgan fingerprint density at radius 2 is 1.86 bits per heavy atom. The van der Waals surface area contributed by atoms with Gasteiger partial charge in [0.15, 0.2) is 4.77 Å². The molecule has 1 unspecified atom stereocenters. The highest BCUT2D eigenvalue weighted by Gasteiger charge is 2.31. The molecule has 0 radical (unpaired) electrons. The van der Waals surface area contributed by atoms with E-state index in [0.717, 1.165) is 30.5 Å². The highest BCUT2D eigenvalue weighted by atomic mass is 32.1. The Kier molecular flexibility index (Phi) is 4.46. The Labute approximate surface area is 127 Å². The van der Waals surface area contributed by atoms with Crippen LogP contribution in [0.3, 0.4) is 0 Å². The first-order valence-electron chi connectivity index (χ1n) is 7.11. The molecule has 2 aromatic rings. The standard InChI is InChI=1S/C15H19F3N2S/c1-4-10(5-2)9(3)20-13-7-6-11(15(16,17)18)8-12(13)19-14(20)21/h6-10H,4-5H2,1-3H3,(H,19,21). The molecule has 1 aromatic heterocycles. The fraction of sp³-hybridized carbons (Fsp3) is 0.533. The van der Waals surface area contributed by atoms with Gasteiger partial charge in [-0.15, -0.1) is 0 Å². The van der Waals surface area contributed by atoms with Gasteiger partial charge in [0.05, 0.1) is 16.6 Å². The van der Waals surface area contributed by atoms with Crippen LogP contribution >= 0.6 is 12.2 Å². The molecule has 0 aliphatic rings. The normalized spacial score (nSPS) is 14.0. The molecule has 1 heterocycles. The van der Waals surface area contributed by atoms with Gasteiger partial charge in [-0.3, -0.25) is 0 Å². The van der Waals surface area contributed by atoms with Crippen molar-refractivity contribution < 1.29 is 13.2 Å². The fourth-order valence-corrected chi connectivity index (χ4v) is 3.27. The first kappa shape index (κ1) is 16.1. The van der Waals surface area contributed by atoms with E-state index < -0.39 is 11.7 Å². The molecule has 2 rings (SSSR count). The van der Waals surface area contributed by atoms with Gasteiger partial charge in [-0.05, 0) is 43.3 Å². The second-order valence-corrected chi connectivity index (χ2v) is 5.73. The van der Waals surface area contributed by atoms with Gasteiger partial charge in [-0.2, -0.15) is 13.2 Å². The van der Waals surface area contributed by atoms with Crippen molar-refractivity contribution >= 4 is 23.3 Å². The molecule has 0 amide bonds. The minimum Gasteiger partial charge on any atom is -0.331 e. The zero-order chi connectivity index (χ0) is 15.8. The number of rotatable bonds is 4. The van der Waals surface area contributed by atoms with Crippen molar-refractivity contribution in [2.75, 3.05) is 0 Å². The molecule has 21 heavy (non-hydrogen) atoms. The quantitative estimate of drug-likeness (QED) is 0.716. The number of halogens is 3. The van der Waals surface area contributed by atoms with Crippen LogP contribution in [0, 0.1) is 10.7 Å². The number of imidazole rings is 1. The minimum atomic E-state index is -4.34. The molecule has 116 valence electrons. The molecule has 1 N–H and O–H groups in total. The number of aromatic nitrogens is 2. The topological polar surface area (TPSA) is 20.7 Å². The first-order valence-corrected chi connectivity index (χ1v) is 7.51. The van der Waals surface area contributed by atoms with Gasteiger partial charge in [0, 0.05) is 6.04 Å². The van der Waals surface area contributed by atoms with Crippen molar-refractivity contribution in [3.05, 3.63) is 28.5 Å². The van der Waals surface area contributed by atoms with Gasteiger partial charge in [-0.25, -0.2) is 0 Å². The minimum absolute atomic E-state index is 0.151. The van der Waals surface area contributed by atoms with Crippen LogP contribution in [0.2, 0.25) is 0 Å². The van der Waals surface area contributed by atoms with E-state index >= 15 is 0 Å². The smallest absolute Gasteiger partial charge is 0.331 e. The Morgan fingerprint density at radius 1 is 1.24 bits per heavy atom. The summed E-state index contributed by atoms with van der Waals surface area (Å²) in [5.74, 6) is 0.443. The van der Waals surface area contributed by atoms with Crippen molar-refractivity contribution in [3.63, 3.8) is 0 Å². The molecule has 0 fully saturated rings. The number of nitrogens with zero attached hydrogens (tertiary/aromatic N) is 1. The third-order valence-corrected chi connectivity index (χ3v) is 4.48. The first-order chi connectivity index (χ1) is 9.79. The number of hydrogen-bond donors (Lipinski definition) is 1. The number of fused-ring (bicyclic) bond motifs is 1. The molecule has 0 spiro atoms. The summed E-state index contributed by atoms with van der Waals surface area (Å²) >= 11 is 5.31. The molecule has 2 nitrogen and oxygen atoms in total. The Balaban J connectivity index is 2.56. The van der Waals surface area contributed by atoms with Gasteiger partial charge in [0.2, 0.25) is 0 Å². The fourth-order valence-electron chi connectivity index (χ4n) is 2.89. The molecular formula is C15H19F3N2S. The zero-order valence-corrected chi connectivity index (χ0v) is 13.1. The molecular weight excluding hydrogens is 297 g/mol. The van der Waals surface area contributed by atoms with E-state index in [0.29, 0.717) is 16.2 Å². The number of benzene rings is 1. The highest BCUT2D eigenvalue weighted by molar-refractivity contribution is 7.71. The van der Waals surface area contributed by atoms with E-state index in [1.165, 1.54) is 6.07 Å². The van der Waals surface area contributed by atoms with Crippen molar-refractivity contribution in [2.24, 2.45) is 5.92 Å². The Bertz CT molecular complexity index is 680.